The van der Waals surface area contributed by atoms with Crippen molar-refractivity contribution in [2.24, 2.45) is 0 Å². The van der Waals surface area contributed by atoms with Gasteiger partial charge < -0.3 is 0 Å². The fourth-order valence-electron chi connectivity index (χ4n) is 0.598. The third-order valence-electron chi connectivity index (χ3n) is 0.875. The van der Waals surface area contributed by atoms with Gasteiger partial charge in [-0.3, -0.25) is 0 Å². The molecule has 11 heavy (non-hydrogen) atoms. The van der Waals surface area contributed by atoms with E-state index in [-0.39, 0.29) is 6.61 Å². The number of alkyl halides is 3. The summed E-state index contributed by atoms with van der Waals surface area (Å²) in [6.07, 6.45) is 0. The first-order valence-corrected chi connectivity index (χ1v) is 6.05. The fraction of sp³-hybridized carbons (Fsp3) is 1.00. The number of halogens is 3. The molecule has 0 amide bonds. The van der Waals surface area contributed by atoms with Gasteiger partial charge >= 0.3 is 76.1 Å². The van der Waals surface area contributed by atoms with Crippen LogP contribution in [0.15, 0.2) is 0 Å². The Labute approximate surface area is 76.4 Å². The number of rotatable bonds is 5. The normalized spacial score (nSPS) is 12.9. The van der Waals surface area contributed by atoms with Crippen molar-refractivity contribution < 1.29 is 37.8 Å². The van der Waals surface area contributed by atoms with Crippen LogP contribution < -0.4 is 21.6 Å². The number of hydrogen-bond acceptors (Lipinski definition) is 1. The first-order chi connectivity index (χ1) is 4.98. The molecule has 0 saturated carbocycles. The minimum absolute atomic E-state index is 0.323. The van der Waals surface area contributed by atoms with E-state index in [1.165, 1.54) is 14.2 Å². The van der Waals surface area contributed by atoms with Gasteiger partial charge in [-0.2, -0.15) is 0 Å². The van der Waals surface area contributed by atoms with Crippen LogP contribution in [0, 0.1) is 0 Å². The quantitative estimate of drug-likeness (QED) is 0.325. The Kier molecular flexibility index (Phi) is 5.45. The van der Waals surface area contributed by atoms with Crippen LogP contribution in [0.3, 0.4) is 0 Å². The average Bonchev–Trinajstić information content (AvgIpc) is 1.81. The van der Waals surface area contributed by atoms with Crippen molar-refractivity contribution in [1.29, 1.82) is 0 Å². The molecular weight excluding hydrogens is 269 g/mol. The molecule has 0 N–H and O–H groups in total. The zero-order valence-corrected chi connectivity index (χ0v) is 9.02. The summed E-state index contributed by atoms with van der Waals surface area (Å²) in [4.78, 5) is 1.80. The summed E-state index contributed by atoms with van der Waals surface area (Å²) in [5, 5.41) is 0. The molecule has 0 radical (unpaired) electrons. The van der Waals surface area contributed by atoms with E-state index in [1.54, 1.807) is 4.93 Å². The predicted molar refractivity (Wildman–Crippen MR) is 34.6 cm³/mol. The Morgan fingerprint density at radius 1 is 1.45 bits per heavy atom. The molecule has 5 heteroatoms. The van der Waals surface area contributed by atoms with E-state index in [1.807, 2.05) is 0 Å². The third-order valence-corrected chi connectivity index (χ3v) is 1.81. The van der Waals surface area contributed by atoms with Crippen LogP contribution >= 0.6 is 0 Å². The molecule has 0 spiro atoms. The van der Waals surface area contributed by atoms with E-state index in [9.17, 15) is 8.78 Å². The second-order valence-electron chi connectivity index (χ2n) is 2.39. The van der Waals surface area contributed by atoms with Gasteiger partial charge in [-0.15, -0.1) is 0 Å². The van der Waals surface area contributed by atoms with Crippen LogP contribution in [0.1, 0.15) is 0 Å². The van der Waals surface area contributed by atoms with Gasteiger partial charge in [0.2, 0.25) is 0 Å². The molecule has 0 aromatic rings. The van der Waals surface area contributed by atoms with Crippen molar-refractivity contribution in [2.45, 2.75) is 5.92 Å². The second kappa shape index (κ2) is 5.21. The SMILES string of the molecule is C[I-]OCC(F)(F)C[O+](C)C. The van der Waals surface area contributed by atoms with E-state index in [2.05, 4.69) is 4.37 Å². The molecule has 70 valence electrons. The van der Waals surface area contributed by atoms with E-state index in [0.29, 0.717) is 0 Å². The van der Waals surface area contributed by atoms with Gasteiger partial charge in [-0.1, -0.05) is 0 Å². The van der Waals surface area contributed by atoms with Crippen molar-refractivity contribution in [2.75, 3.05) is 32.4 Å². The molecule has 0 unspecified atom stereocenters. The van der Waals surface area contributed by atoms with E-state index in [0.717, 1.165) is 0 Å². The molecule has 0 fully saturated rings. The van der Waals surface area contributed by atoms with Crippen molar-refractivity contribution in [3.63, 3.8) is 0 Å². The average molecular weight is 282 g/mol. The van der Waals surface area contributed by atoms with Crippen LogP contribution in [0.2, 0.25) is 0 Å². The zero-order valence-electron chi connectivity index (χ0n) is 6.86. The first kappa shape index (κ1) is 11.5. The van der Waals surface area contributed by atoms with Crippen molar-refractivity contribution in [3.8, 4) is 0 Å². The molecule has 0 aliphatic rings. The molecule has 0 aromatic carbocycles. The molecule has 0 atom stereocenters. The topological polar surface area (TPSA) is 11.9 Å². The molecule has 0 aromatic heterocycles. The Balaban J connectivity index is 3.61. The Morgan fingerprint density at radius 3 is 2.36 bits per heavy atom. The maximum absolute atomic E-state index is 12.7. The van der Waals surface area contributed by atoms with Crippen LogP contribution in [0.5, 0.6) is 0 Å². The molecule has 0 rings (SSSR count). The standard InChI is InChI=1S/C6H13F2IO2/c1-9-10-4-6(7,8)5-11(2)3/h4-5H2,1-3H3. The first-order valence-electron chi connectivity index (χ1n) is 3.01. The van der Waals surface area contributed by atoms with Crippen LogP contribution in [-0.4, -0.2) is 38.3 Å². The van der Waals surface area contributed by atoms with E-state index < -0.39 is 34.1 Å². The van der Waals surface area contributed by atoms with E-state index >= 15 is 0 Å². The Morgan fingerprint density at radius 2 is 2.00 bits per heavy atom. The summed E-state index contributed by atoms with van der Waals surface area (Å²) in [6, 6.07) is 0. The summed E-state index contributed by atoms with van der Waals surface area (Å²) in [7, 11) is 3.07. The Bertz CT molecular complexity index is 109. The molecule has 0 saturated heterocycles. The van der Waals surface area contributed by atoms with Crippen molar-refractivity contribution >= 4 is 0 Å². The van der Waals surface area contributed by atoms with Gasteiger partial charge in [-0.05, 0) is 0 Å². The molecule has 0 aliphatic carbocycles. The Hall–Kier alpha value is 0.510. The molecule has 0 heterocycles. The monoisotopic (exact) mass is 282 g/mol. The second-order valence-corrected chi connectivity index (χ2v) is 3.90. The molecule has 0 aliphatic heterocycles. The van der Waals surface area contributed by atoms with Crippen molar-refractivity contribution in [1.82, 2.24) is 0 Å². The van der Waals surface area contributed by atoms with Gasteiger partial charge in [0.1, 0.15) is 0 Å². The molecular formula is C6H13F2IO2. The molecule has 2 nitrogen and oxygen atoms in total. The maximum atomic E-state index is 12.7. The summed E-state index contributed by atoms with van der Waals surface area (Å²) < 4.78 is 32.3. The minimum atomic E-state index is -2.73. The van der Waals surface area contributed by atoms with Crippen LogP contribution in [0.25, 0.3) is 0 Å². The summed E-state index contributed by atoms with van der Waals surface area (Å²) in [5.74, 6) is -2.73. The number of hydrogen-bond donors (Lipinski definition) is 0. The summed E-state index contributed by atoms with van der Waals surface area (Å²) in [5.41, 5.74) is 0. The van der Waals surface area contributed by atoms with Gasteiger partial charge in [-0.25, -0.2) is 0 Å². The fourth-order valence-corrected chi connectivity index (χ4v) is 1.37. The third kappa shape index (κ3) is 6.89. The molecule has 0 bridgehead atoms. The summed E-state index contributed by atoms with van der Waals surface area (Å²) in [6.45, 7) is -0.779. The van der Waals surface area contributed by atoms with Crippen LogP contribution in [-0.2, 0) is 7.43 Å². The van der Waals surface area contributed by atoms with Crippen LogP contribution in [0.4, 0.5) is 8.78 Å². The van der Waals surface area contributed by atoms with E-state index in [4.69, 9.17) is 3.07 Å². The van der Waals surface area contributed by atoms with Gasteiger partial charge in [0.15, 0.2) is 0 Å². The summed E-state index contributed by atoms with van der Waals surface area (Å²) >= 11 is -0.492. The zero-order chi connectivity index (χ0) is 8.91. The van der Waals surface area contributed by atoms with Crippen molar-refractivity contribution in [3.05, 3.63) is 0 Å². The van der Waals surface area contributed by atoms with Gasteiger partial charge in [0, 0.05) is 0 Å². The van der Waals surface area contributed by atoms with Gasteiger partial charge in [0.05, 0.1) is 0 Å². The van der Waals surface area contributed by atoms with Gasteiger partial charge in [0.25, 0.3) is 0 Å². The predicted octanol–water partition coefficient (Wildman–Crippen LogP) is -1.92.